The average molecular weight is 333 g/mol. The summed E-state index contributed by atoms with van der Waals surface area (Å²) in [4.78, 5) is 29.7. The largest absolute Gasteiger partial charge is 0.337 e. The molecule has 3 aromatic rings. The number of hydrogen-bond acceptors (Lipinski definition) is 3. The lowest BCUT2D eigenvalue weighted by molar-refractivity contribution is -0.114. The van der Waals surface area contributed by atoms with Crippen LogP contribution in [0.1, 0.15) is 22.8 Å². The van der Waals surface area contributed by atoms with Gasteiger partial charge in [0, 0.05) is 43.4 Å². The molecule has 126 valence electrons. The maximum absolute atomic E-state index is 12.6. The van der Waals surface area contributed by atoms with Crippen molar-refractivity contribution in [3.05, 3.63) is 71.9 Å². The first kappa shape index (κ1) is 16.6. The summed E-state index contributed by atoms with van der Waals surface area (Å²) in [6.07, 6.45) is 1.80. The quantitative estimate of drug-likeness (QED) is 0.795. The summed E-state index contributed by atoms with van der Waals surface area (Å²) in [5.41, 5.74) is 3.16. The number of anilines is 1. The van der Waals surface area contributed by atoms with E-state index in [0.717, 1.165) is 16.5 Å². The van der Waals surface area contributed by atoms with Gasteiger partial charge < -0.3 is 10.2 Å². The highest BCUT2D eigenvalue weighted by molar-refractivity contribution is 5.95. The molecule has 2 amide bonds. The Balaban J connectivity index is 1.71. The van der Waals surface area contributed by atoms with Gasteiger partial charge in [-0.2, -0.15) is 0 Å². The van der Waals surface area contributed by atoms with Crippen LogP contribution in [-0.4, -0.2) is 28.7 Å². The zero-order valence-electron chi connectivity index (χ0n) is 14.2. The van der Waals surface area contributed by atoms with Crippen molar-refractivity contribution in [3.8, 4) is 0 Å². The van der Waals surface area contributed by atoms with Crippen molar-refractivity contribution in [2.45, 2.75) is 13.5 Å². The number of carbonyl (C=O) groups excluding carboxylic acids is 2. The Kier molecular flexibility index (Phi) is 4.75. The summed E-state index contributed by atoms with van der Waals surface area (Å²) < 4.78 is 0. The number of benzene rings is 2. The van der Waals surface area contributed by atoms with Crippen LogP contribution >= 0.6 is 0 Å². The molecular weight excluding hydrogens is 314 g/mol. The zero-order chi connectivity index (χ0) is 17.8. The third-order valence-electron chi connectivity index (χ3n) is 3.87. The van der Waals surface area contributed by atoms with Gasteiger partial charge >= 0.3 is 0 Å². The Hall–Kier alpha value is -3.21. The second-order valence-corrected chi connectivity index (χ2v) is 5.96. The molecule has 25 heavy (non-hydrogen) atoms. The molecule has 0 aliphatic carbocycles. The van der Waals surface area contributed by atoms with Crippen LogP contribution < -0.4 is 5.32 Å². The molecule has 0 saturated carbocycles. The normalized spacial score (nSPS) is 10.5. The molecule has 0 fully saturated rings. The summed E-state index contributed by atoms with van der Waals surface area (Å²) in [5, 5.41) is 3.74. The minimum atomic E-state index is -0.139. The summed E-state index contributed by atoms with van der Waals surface area (Å²) >= 11 is 0. The first-order chi connectivity index (χ1) is 12.0. The van der Waals surface area contributed by atoms with Crippen LogP contribution in [-0.2, 0) is 11.3 Å². The highest BCUT2D eigenvalue weighted by Gasteiger charge is 2.12. The van der Waals surface area contributed by atoms with Crippen LogP contribution in [0.3, 0.4) is 0 Å². The number of fused-ring (bicyclic) bond motifs is 1. The minimum Gasteiger partial charge on any atom is -0.337 e. The van der Waals surface area contributed by atoms with Gasteiger partial charge in [-0.25, -0.2) is 0 Å². The van der Waals surface area contributed by atoms with Crippen molar-refractivity contribution >= 4 is 28.4 Å². The van der Waals surface area contributed by atoms with E-state index in [9.17, 15) is 9.59 Å². The van der Waals surface area contributed by atoms with Crippen molar-refractivity contribution in [1.82, 2.24) is 9.88 Å². The maximum Gasteiger partial charge on any atom is 0.253 e. The van der Waals surface area contributed by atoms with Gasteiger partial charge in [0.15, 0.2) is 0 Å². The number of rotatable bonds is 4. The molecule has 1 aromatic heterocycles. The van der Waals surface area contributed by atoms with Crippen molar-refractivity contribution < 1.29 is 9.59 Å². The lowest BCUT2D eigenvalue weighted by Crippen LogP contribution is -2.26. The molecule has 5 heteroatoms. The van der Waals surface area contributed by atoms with E-state index in [4.69, 9.17) is 0 Å². The number of nitrogens with one attached hydrogen (secondary N) is 1. The molecule has 0 unspecified atom stereocenters. The minimum absolute atomic E-state index is 0.0810. The Morgan fingerprint density at radius 3 is 2.52 bits per heavy atom. The smallest absolute Gasteiger partial charge is 0.253 e. The number of aromatic nitrogens is 1. The molecule has 0 aliphatic heterocycles. The summed E-state index contributed by atoms with van der Waals surface area (Å²) in [7, 11) is 1.76. The van der Waals surface area contributed by atoms with Gasteiger partial charge in [0.1, 0.15) is 0 Å². The van der Waals surface area contributed by atoms with Crippen molar-refractivity contribution in [2.75, 3.05) is 12.4 Å². The Morgan fingerprint density at radius 2 is 1.80 bits per heavy atom. The third kappa shape index (κ3) is 4.01. The fraction of sp³-hybridized carbons (Fsp3) is 0.150. The molecule has 5 nitrogen and oxygen atoms in total. The van der Waals surface area contributed by atoms with Crippen molar-refractivity contribution in [2.24, 2.45) is 0 Å². The monoisotopic (exact) mass is 333 g/mol. The van der Waals surface area contributed by atoms with Crippen LogP contribution in [0.25, 0.3) is 10.9 Å². The molecule has 0 saturated heterocycles. The highest BCUT2D eigenvalue weighted by atomic mass is 16.2. The fourth-order valence-electron chi connectivity index (χ4n) is 2.67. The molecule has 1 heterocycles. The van der Waals surface area contributed by atoms with Crippen LogP contribution in [0.2, 0.25) is 0 Å². The average Bonchev–Trinajstić information content (AvgIpc) is 2.61. The van der Waals surface area contributed by atoms with Gasteiger partial charge in [0.2, 0.25) is 5.91 Å². The molecule has 0 radical (unpaired) electrons. The Labute approximate surface area is 146 Å². The van der Waals surface area contributed by atoms with Crippen LogP contribution in [0, 0.1) is 0 Å². The van der Waals surface area contributed by atoms with Crippen LogP contribution in [0.5, 0.6) is 0 Å². The van der Waals surface area contributed by atoms with Gasteiger partial charge in [-0.05, 0) is 42.0 Å². The SMILES string of the molecule is CC(=O)Nc1ccc(C(=O)N(C)Cc2cnc3ccccc3c2)cc1. The van der Waals surface area contributed by atoms with E-state index >= 15 is 0 Å². The predicted molar refractivity (Wildman–Crippen MR) is 98.3 cm³/mol. The first-order valence-electron chi connectivity index (χ1n) is 8.00. The number of pyridine rings is 1. The van der Waals surface area contributed by atoms with Crippen LogP contribution in [0.4, 0.5) is 5.69 Å². The summed E-state index contributed by atoms with van der Waals surface area (Å²) in [6, 6.07) is 16.8. The molecule has 1 N–H and O–H groups in total. The number of para-hydroxylation sites is 1. The number of carbonyl (C=O) groups is 2. The lowest BCUT2D eigenvalue weighted by Gasteiger charge is -2.17. The summed E-state index contributed by atoms with van der Waals surface area (Å²) in [5.74, 6) is -0.220. The van der Waals surface area contributed by atoms with E-state index in [1.807, 2.05) is 30.3 Å². The van der Waals surface area contributed by atoms with E-state index in [1.165, 1.54) is 6.92 Å². The predicted octanol–water partition coefficient (Wildman–Crippen LogP) is 3.47. The van der Waals surface area contributed by atoms with E-state index < -0.39 is 0 Å². The van der Waals surface area contributed by atoms with Crippen molar-refractivity contribution in [3.63, 3.8) is 0 Å². The van der Waals surface area contributed by atoms with Gasteiger partial charge in [0.05, 0.1) is 5.52 Å². The van der Waals surface area contributed by atoms with Gasteiger partial charge in [-0.1, -0.05) is 18.2 Å². The van der Waals surface area contributed by atoms with E-state index in [0.29, 0.717) is 17.8 Å². The first-order valence-corrected chi connectivity index (χ1v) is 8.00. The van der Waals surface area contributed by atoms with Crippen molar-refractivity contribution in [1.29, 1.82) is 0 Å². The van der Waals surface area contributed by atoms with E-state index in [-0.39, 0.29) is 11.8 Å². The van der Waals surface area contributed by atoms with Gasteiger partial charge in [-0.15, -0.1) is 0 Å². The number of hydrogen-bond donors (Lipinski definition) is 1. The number of amides is 2. The fourth-order valence-corrected chi connectivity index (χ4v) is 2.67. The standard InChI is InChI=1S/C20H19N3O2/c1-14(24)22-18-9-7-16(8-10-18)20(25)23(2)13-15-11-17-5-3-4-6-19(17)21-12-15/h3-12H,13H2,1-2H3,(H,22,24). The molecular formula is C20H19N3O2. The molecule has 0 atom stereocenters. The topological polar surface area (TPSA) is 62.3 Å². The molecule has 0 bridgehead atoms. The molecule has 2 aromatic carbocycles. The van der Waals surface area contributed by atoms with Gasteiger partial charge in [0.25, 0.3) is 5.91 Å². The third-order valence-corrected chi connectivity index (χ3v) is 3.87. The Morgan fingerprint density at radius 1 is 1.08 bits per heavy atom. The second kappa shape index (κ2) is 7.13. The van der Waals surface area contributed by atoms with Gasteiger partial charge in [-0.3, -0.25) is 14.6 Å². The second-order valence-electron chi connectivity index (χ2n) is 5.96. The molecule has 0 spiro atoms. The van der Waals surface area contributed by atoms with Crippen LogP contribution in [0.15, 0.2) is 60.8 Å². The highest BCUT2D eigenvalue weighted by Crippen LogP contribution is 2.16. The molecule has 0 aliphatic rings. The zero-order valence-corrected chi connectivity index (χ0v) is 14.2. The molecule has 3 rings (SSSR count). The maximum atomic E-state index is 12.6. The summed E-state index contributed by atoms with van der Waals surface area (Å²) in [6.45, 7) is 1.93. The van der Waals surface area contributed by atoms with E-state index in [2.05, 4.69) is 10.3 Å². The number of nitrogens with zero attached hydrogens (tertiary/aromatic N) is 2. The lowest BCUT2D eigenvalue weighted by atomic mass is 10.1. The Bertz CT molecular complexity index is 920. The van der Waals surface area contributed by atoms with E-state index in [1.54, 1.807) is 42.4 Å².